The van der Waals surface area contributed by atoms with Gasteiger partial charge in [0.2, 0.25) is 11.8 Å². The number of imide groups is 1. The number of para-hydroxylation sites is 1. The maximum atomic E-state index is 14.1. The van der Waals surface area contributed by atoms with E-state index in [1.165, 1.54) is 6.07 Å². The molecule has 10 heteroatoms. The molecular formula is C25H21ClF3N3O3. The lowest BCUT2D eigenvalue weighted by atomic mass is 9.75. The van der Waals surface area contributed by atoms with Crippen molar-refractivity contribution in [2.24, 2.45) is 11.8 Å². The van der Waals surface area contributed by atoms with Crippen LogP contribution in [-0.2, 0) is 26.1 Å². The van der Waals surface area contributed by atoms with Crippen LogP contribution in [0.4, 0.5) is 24.5 Å². The van der Waals surface area contributed by atoms with Crippen molar-refractivity contribution in [1.29, 1.82) is 0 Å². The molecule has 6 rings (SSSR count). The number of likely N-dealkylation sites (N-methyl/N-ethyl adjacent to an activating group) is 1. The van der Waals surface area contributed by atoms with Gasteiger partial charge >= 0.3 is 6.18 Å². The lowest BCUT2D eigenvalue weighted by Crippen LogP contribution is -2.56. The summed E-state index contributed by atoms with van der Waals surface area (Å²) in [5.41, 5.74) is -1.26. The number of halogens is 4. The summed E-state index contributed by atoms with van der Waals surface area (Å²) < 4.78 is 40.6. The van der Waals surface area contributed by atoms with Crippen LogP contribution in [0.3, 0.4) is 0 Å². The highest BCUT2D eigenvalue weighted by atomic mass is 35.5. The van der Waals surface area contributed by atoms with E-state index in [1.807, 2.05) is 30.0 Å². The smallest absolute Gasteiger partial charge is 0.310 e. The third kappa shape index (κ3) is 2.68. The van der Waals surface area contributed by atoms with Crippen LogP contribution in [0.15, 0.2) is 42.5 Å². The second-order valence-electron chi connectivity index (χ2n) is 9.41. The Labute approximate surface area is 204 Å². The lowest BCUT2D eigenvalue weighted by molar-refractivity contribution is -0.137. The van der Waals surface area contributed by atoms with Crippen LogP contribution in [0, 0.1) is 11.8 Å². The number of amides is 3. The van der Waals surface area contributed by atoms with Crippen molar-refractivity contribution < 1.29 is 27.6 Å². The van der Waals surface area contributed by atoms with E-state index in [0.29, 0.717) is 30.8 Å². The molecule has 0 saturated carbocycles. The number of hydrogen-bond donors (Lipinski definition) is 0. The molecule has 3 fully saturated rings. The van der Waals surface area contributed by atoms with Crippen molar-refractivity contribution in [1.82, 2.24) is 4.90 Å². The molecule has 1 spiro atoms. The molecule has 4 aliphatic heterocycles. The fourth-order valence-corrected chi connectivity index (χ4v) is 7.00. The molecule has 35 heavy (non-hydrogen) atoms. The third-order valence-corrected chi connectivity index (χ3v) is 8.30. The Hall–Kier alpha value is -2.91. The number of carbonyl (C=O) groups is 3. The predicted molar refractivity (Wildman–Crippen MR) is 122 cm³/mol. The van der Waals surface area contributed by atoms with E-state index >= 15 is 0 Å². The molecule has 0 aromatic heterocycles. The number of anilines is 2. The summed E-state index contributed by atoms with van der Waals surface area (Å²) in [5.74, 6) is -3.30. The molecule has 2 aromatic carbocycles. The van der Waals surface area contributed by atoms with Gasteiger partial charge in [0.1, 0.15) is 5.54 Å². The molecule has 2 aromatic rings. The van der Waals surface area contributed by atoms with E-state index in [-0.39, 0.29) is 17.6 Å². The maximum Gasteiger partial charge on any atom is 0.417 e. The molecule has 4 atom stereocenters. The van der Waals surface area contributed by atoms with Gasteiger partial charge in [0.05, 0.1) is 28.1 Å². The fraction of sp³-hybridized carbons (Fsp3) is 0.400. The normalized spacial score (nSPS) is 30.0. The second kappa shape index (κ2) is 7.30. The summed E-state index contributed by atoms with van der Waals surface area (Å²) >= 11 is 5.77. The molecule has 182 valence electrons. The van der Waals surface area contributed by atoms with Gasteiger partial charge in [-0.05, 0) is 50.6 Å². The van der Waals surface area contributed by atoms with Gasteiger partial charge in [-0.25, -0.2) is 4.90 Å². The summed E-state index contributed by atoms with van der Waals surface area (Å²) in [6, 6.07) is 9.96. The minimum absolute atomic E-state index is 0.183. The average Bonchev–Trinajstić information content (AvgIpc) is 3.51. The largest absolute Gasteiger partial charge is 0.417 e. The van der Waals surface area contributed by atoms with Gasteiger partial charge in [-0.2, -0.15) is 13.2 Å². The molecule has 0 N–H and O–H groups in total. The third-order valence-electron chi connectivity index (χ3n) is 7.97. The number of fused-ring (bicyclic) bond motifs is 7. The molecule has 4 aliphatic rings. The molecule has 3 amide bonds. The van der Waals surface area contributed by atoms with Crippen LogP contribution in [0.2, 0.25) is 5.02 Å². The van der Waals surface area contributed by atoms with Gasteiger partial charge in [0, 0.05) is 23.8 Å². The van der Waals surface area contributed by atoms with Crippen molar-refractivity contribution in [3.63, 3.8) is 0 Å². The number of rotatable bonds is 2. The number of benzene rings is 2. The summed E-state index contributed by atoms with van der Waals surface area (Å²) in [7, 11) is 0. The minimum atomic E-state index is -4.75. The van der Waals surface area contributed by atoms with Crippen LogP contribution in [-0.4, -0.2) is 41.8 Å². The first-order valence-electron chi connectivity index (χ1n) is 11.6. The van der Waals surface area contributed by atoms with Crippen LogP contribution >= 0.6 is 11.6 Å². The first-order valence-corrected chi connectivity index (χ1v) is 11.9. The minimum Gasteiger partial charge on any atom is -0.310 e. The zero-order chi connectivity index (χ0) is 24.9. The zero-order valence-electron chi connectivity index (χ0n) is 18.7. The Morgan fingerprint density at radius 1 is 1.09 bits per heavy atom. The van der Waals surface area contributed by atoms with Gasteiger partial charge in [-0.3, -0.25) is 19.3 Å². The number of nitrogens with zero attached hydrogens (tertiary/aromatic N) is 3. The summed E-state index contributed by atoms with van der Waals surface area (Å²) in [6.07, 6.45) is -3.36. The summed E-state index contributed by atoms with van der Waals surface area (Å²) in [6.45, 7) is 2.81. The Morgan fingerprint density at radius 3 is 2.54 bits per heavy atom. The van der Waals surface area contributed by atoms with E-state index in [9.17, 15) is 27.6 Å². The van der Waals surface area contributed by atoms with Crippen molar-refractivity contribution >= 4 is 40.7 Å². The molecular weight excluding hydrogens is 483 g/mol. The van der Waals surface area contributed by atoms with Gasteiger partial charge in [-0.15, -0.1) is 0 Å². The van der Waals surface area contributed by atoms with Crippen molar-refractivity contribution in [3.05, 3.63) is 58.6 Å². The lowest BCUT2D eigenvalue weighted by Gasteiger charge is -2.37. The van der Waals surface area contributed by atoms with E-state index in [1.54, 1.807) is 11.0 Å². The van der Waals surface area contributed by atoms with Crippen LogP contribution < -0.4 is 9.80 Å². The standard InChI is InChI=1S/C25H21ClF3N3O3/c1-2-30-17-7-4-3-6-14(17)24(23(30)35)20-19(18-8-5-11-31(18)24)21(33)32(22(20)34)13-9-10-16(26)15(12-13)25(27,28)29/h3-4,6-7,9-10,12,18-20H,2,5,8,11H2,1H3/t18-,19-,20+,24-/m1/s1. The van der Waals surface area contributed by atoms with Gasteiger partial charge in [0.15, 0.2) is 0 Å². The average molecular weight is 504 g/mol. The molecule has 0 unspecified atom stereocenters. The highest BCUT2D eigenvalue weighted by Gasteiger charge is 2.75. The van der Waals surface area contributed by atoms with Crippen LogP contribution in [0.25, 0.3) is 0 Å². The Morgan fingerprint density at radius 2 is 1.83 bits per heavy atom. The van der Waals surface area contributed by atoms with E-state index in [2.05, 4.69) is 0 Å². The molecule has 4 heterocycles. The molecule has 3 saturated heterocycles. The first-order chi connectivity index (χ1) is 16.6. The molecule has 6 nitrogen and oxygen atoms in total. The Balaban J connectivity index is 1.53. The van der Waals surface area contributed by atoms with Gasteiger partial charge < -0.3 is 4.90 Å². The summed E-state index contributed by atoms with van der Waals surface area (Å²) in [5, 5.41) is -0.516. The highest BCUT2D eigenvalue weighted by molar-refractivity contribution is 6.32. The predicted octanol–water partition coefficient (Wildman–Crippen LogP) is 4.20. The monoisotopic (exact) mass is 503 g/mol. The van der Waals surface area contributed by atoms with Gasteiger partial charge in [-0.1, -0.05) is 29.8 Å². The van der Waals surface area contributed by atoms with E-state index in [4.69, 9.17) is 11.6 Å². The molecule has 0 aliphatic carbocycles. The Kier molecular flexibility index (Phi) is 4.70. The molecule has 0 bridgehead atoms. The quantitative estimate of drug-likeness (QED) is 0.576. The second-order valence-corrected chi connectivity index (χ2v) is 9.82. The topological polar surface area (TPSA) is 60.9 Å². The van der Waals surface area contributed by atoms with Gasteiger partial charge in [0.25, 0.3) is 5.91 Å². The highest BCUT2D eigenvalue weighted by Crippen LogP contribution is 2.61. The number of hydrogen-bond acceptors (Lipinski definition) is 4. The fourth-order valence-electron chi connectivity index (χ4n) is 6.78. The number of carbonyl (C=O) groups excluding carboxylic acids is 3. The zero-order valence-corrected chi connectivity index (χ0v) is 19.4. The number of alkyl halides is 3. The maximum absolute atomic E-state index is 14.1. The molecule has 0 radical (unpaired) electrons. The van der Waals surface area contributed by atoms with Crippen LogP contribution in [0.1, 0.15) is 30.9 Å². The van der Waals surface area contributed by atoms with Crippen molar-refractivity contribution in [2.75, 3.05) is 22.9 Å². The van der Waals surface area contributed by atoms with Crippen molar-refractivity contribution in [3.8, 4) is 0 Å². The van der Waals surface area contributed by atoms with Crippen molar-refractivity contribution in [2.45, 2.75) is 37.5 Å². The SMILES string of the molecule is CCN1C(=O)[C@@]2(c3ccccc31)[C@@H]1C(=O)N(c3ccc(Cl)c(C(F)(F)F)c3)C(=O)[C@@H]1[C@H]1CCCN12. The first kappa shape index (κ1) is 22.5. The van der Waals surface area contributed by atoms with E-state index < -0.39 is 46.0 Å². The Bertz CT molecular complexity index is 1300. The van der Waals surface area contributed by atoms with Crippen LogP contribution in [0.5, 0.6) is 0 Å². The summed E-state index contributed by atoms with van der Waals surface area (Å²) in [4.78, 5) is 46.3. The van der Waals surface area contributed by atoms with E-state index in [0.717, 1.165) is 23.5 Å².